The maximum Gasteiger partial charge on any atom is 0.323 e. The van der Waals surface area contributed by atoms with Gasteiger partial charge in [-0.05, 0) is 37.1 Å². The highest BCUT2D eigenvalue weighted by Gasteiger charge is 2.58. The summed E-state index contributed by atoms with van der Waals surface area (Å²) in [7, 11) is 1.51. The number of benzene rings is 1. The molecule has 106 valence electrons. The molecule has 0 aliphatic heterocycles. The zero-order valence-corrected chi connectivity index (χ0v) is 10.9. The van der Waals surface area contributed by atoms with E-state index in [1.54, 1.807) is 24.3 Å². The number of esters is 1. The fourth-order valence-corrected chi connectivity index (χ4v) is 1.76. The lowest BCUT2D eigenvalue weighted by Crippen LogP contribution is -2.29. The van der Waals surface area contributed by atoms with Crippen LogP contribution in [0.2, 0.25) is 0 Å². The number of carbonyl (C=O) groups excluding carboxylic acids is 2. The number of hydrogen-bond acceptors (Lipinski definition) is 5. The number of methoxy groups -OCH3 is 1. The normalized spacial score (nSPS) is 15.2. The van der Waals surface area contributed by atoms with Gasteiger partial charge in [-0.3, -0.25) is 14.4 Å². The molecule has 0 unspecified atom stereocenters. The molecule has 0 atom stereocenters. The summed E-state index contributed by atoms with van der Waals surface area (Å²) in [5.41, 5.74) is -1.06. The highest BCUT2D eigenvalue weighted by Crippen LogP contribution is 2.46. The first-order valence-electron chi connectivity index (χ1n) is 6.07. The number of ether oxygens (including phenoxy) is 2. The van der Waals surface area contributed by atoms with Crippen LogP contribution in [-0.4, -0.2) is 36.5 Å². The maximum absolute atomic E-state index is 11.8. The molecule has 6 nitrogen and oxygen atoms in total. The Morgan fingerprint density at radius 1 is 1.20 bits per heavy atom. The van der Waals surface area contributed by atoms with Gasteiger partial charge in [0.25, 0.3) is 0 Å². The average molecular weight is 278 g/mol. The van der Waals surface area contributed by atoms with Crippen LogP contribution in [0.3, 0.4) is 0 Å². The minimum atomic E-state index is -1.43. The summed E-state index contributed by atoms with van der Waals surface area (Å²) < 4.78 is 9.77. The Morgan fingerprint density at radius 2 is 1.80 bits per heavy atom. The molecule has 1 aromatic carbocycles. The van der Waals surface area contributed by atoms with Crippen LogP contribution in [0.25, 0.3) is 0 Å². The van der Waals surface area contributed by atoms with E-state index >= 15 is 0 Å². The summed E-state index contributed by atoms with van der Waals surface area (Å²) in [6, 6.07) is 6.35. The predicted octanol–water partition coefficient (Wildman–Crippen LogP) is 1.29. The Morgan fingerprint density at radius 3 is 2.25 bits per heavy atom. The van der Waals surface area contributed by atoms with Crippen molar-refractivity contribution >= 4 is 17.7 Å². The van der Waals surface area contributed by atoms with E-state index in [1.807, 2.05) is 0 Å². The standard InChI is InChI=1S/C14H14O6/c1-19-10-4-2-9(3-5-10)11(15)8-20-13(18)14(6-7-14)12(16)17/h2-5H,6-8H2,1H3,(H,16,17). The predicted molar refractivity (Wildman–Crippen MR) is 67.6 cm³/mol. The molecule has 20 heavy (non-hydrogen) atoms. The Labute approximate surface area is 115 Å². The van der Waals surface area contributed by atoms with E-state index in [4.69, 9.17) is 14.6 Å². The summed E-state index contributed by atoms with van der Waals surface area (Å²) in [6.07, 6.45) is 0.524. The van der Waals surface area contributed by atoms with Crippen LogP contribution in [0.4, 0.5) is 0 Å². The molecule has 1 saturated carbocycles. The molecule has 6 heteroatoms. The van der Waals surface area contributed by atoms with Crippen LogP contribution < -0.4 is 4.74 Å². The van der Waals surface area contributed by atoms with Gasteiger partial charge in [-0.25, -0.2) is 0 Å². The number of Topliss-reactive ketones (excluding diaryl/α,β-unsaturated/α-hetero) is 1. The third-order valence-electron chi connectivity index (χ3n) is 3.30. The first-order valence-corrected chi connectivity index (χ1v) is 6.07. The van der Waals surface area contributed by atoms with Crippen molar-refractivity contribution in [2.45, 2.75) is 12.8 Å². The molecule has 1 aliphatic carbocycles. The number of carbonyl (C=O) groups is 3. The van der Waals surface area contributed by atoms with E-state index in [2.05, 4.69) is 0 Å². The zero-order chi connectivity index (χ0) is 14.8. The average Bonchev–Trinajstić information content (AvgIpc) is 3.26. The number of carboxylic acids is 1. The van der Waals surface area contributed by atoms with E-state index in [-0.39, 0.29) is 18.6 Å². The second-order valence-electron chi connectivity index (χ2n) is 4.62. The first-order chi connectivity index (χ1) is 9.49. The monoisotopic (exact) mass is 278 g/mol. The van der Waals surface area contributed by atoms with Crippen molar-refractivity contribution in [1.29, 1.82) is 0 Å². The van der Waals surface area contributed by atoms with Gasteiger partial charge in [-0.15, -0.1) is 0 Å². The van der Waals surface area contributed by atoms with Crippen LogP contribution in [0, 0.1) is 5.41 Å². The van der Waals surface area contributed by atoms with Gasteiger partial charge in [0.05, 0.1) is 7.11 Å². The number of aliphatic carboxylic acids is 1. The van der Waals surface area contributed by atoms with Crippen LogP contribution >= 0.6 is 0 Å². The smallest absolute Gasteiger partial charge is 0.323 e. The molecule has 1 N–H and O–H groups in total. The minimum Gasteiger partial charge on any atom is -0.497 e. The molecular weight excluding hydrogens is 264 g/mol. The second kappa shape index (κ2) is 5.32. The largest absolute Gasteiger partial charge is 0.497 e. The topological polar surface area (TPSA) is 89.9 Å². The van der Waals surface area contributed by atoms with Gasteiger partial charge in [0, 0.05) is 5.56 Å². The number of ketones is 1. The highest BCUT2D eigenvalue weighted by atomic mass is 16.5. The van der Waals surface area contributed by atoms with E-state index in [1.165, 1.54) is 7.11 Å². The van der Waals surface area contributed by atoms with E-state index in [0.717, 1.165) is 0 Å². The summed E-state index contributed by atoms with van der Waals surface area (Å²) in [5.74, 6) is -1.81. The van der Waals surface area contributed by atoms with Crippen molar-refractivity contribution in [2.24, 2.45) is 5.41 Å². The Balaban J connectivity index is 1.92. The third-order valence-corrected chi connectivity index (χ3v) is 3.30. The van der Waals surface area contributed by atoms with Gasteiger partial charge in [-0.2, -0.15) is 0 Å². The third kappa shape index (κ3) is 2.64. The molecule has 0 heterocycles. The molecular formula is C14H14O6. The van der Waals surface area contributed by atoms with Crippen LogP contribution in [0.5, 0.6) is 5.75 Å². The van der Waals surface area contributed by atoms with Crippen molar-refractivity contribution in [3.8, 4) is 5.75 Å². The molecule has 0 amide bonds. The van der Waals surface area contributed by atoms with Gasteiger partial charge in [-0.1, -0.05) is 0 Å². The second-order valence-corrected chi connectivity index (χ2v) is 4.62. The maximum atomic E-state index is 11.8. The van der Waals surface area contributed by atoms with Crippen molar-refractivity contribution in [1.82, 2.24) is 0 Å². The van der Waals surface area contributed by atoms with Crippen molar-refractivity contribution in [3.05, 3.63) is 29.8 Å². The minimum absolute atomic E-state index is 0.262. The van der Waals surface area contributed by atoms with Crippen molar-refractivity contribution in [2.75, 3.05) is 13.7 Å². The highest BCUT2D eigenvalue weighted by molar-refractivity contribution is 6.04. The first kappa shape index (κ1) is 14.0. The van der Waals surface area contributed by atoms with Gasteiger partial charge in [0.15, 0.2) is 17.8 Å². The van der Waals surface area contributed by atoms with Gasteiger partial charge in [0.2, 0.25) is 0 Å². The molecule has 0 spiro atoms. The summed E-state index contributed by atoms with van der Waals surface area (Å²) >= 11 is 0. The van der Waals surface area contributed by atoms with E-state index in [9.17, 15) is 14.4 Å². The van der Waals surface area contributed by atoms with Crippen molar-refractivity contribution in [3.63, 3.8) is 0 Å². The number of carboxylic acid groups (broad SMARTS) is 1. The van der Waals surface area contributed by atoms with Gasteiger partial charge >= 0.3 is 11.9 Å². The lowest BCUT2D eigenvalue weighted by atomic mass is 10.1. The lowest BCUT2D eigenvalue weighted by Gasteiger charge is -2.09. The van der Waals surface area contributed by atoms with Crippen LogP contribution in [-0.2, 0) is 14.3 Å². The molecule has 1 aliphatic rings. The summed E-state index contributed by atoms with van der Waals surface area (Å²) in [6.45, 7) is -0.458. The lowest BCUT2D eigenvalue weighted by molar-refractivity contribution is -0.160. The van der Waals surface area contributed by atoms with Gasteiger partial charge in [0.1, 0.15) is 5.75 Å². The fraction of sp³-hybridized carbons (Fsp3) is 0.357. The Kier molecular flexibility index (Phi) is 3.74. The Hall–Kier alpha value is -2.37. The zero-order valence-electron chi connectivity index (χ0n) is 10.9. The molecule has 1 fully saturated rings. The fourth-order valence-electron chi connectivity index (χ4n) is 1.76. The van der Waals surface area contributed by atoms with Crippen LogP contribution in [0.15, 0.2) is 24.3 Å². The summed E-state index contributed by atoms with van der Waals surface area (Å²) in [5, 5.41) is 8.91. The van der Waals surface area contributed by atoms with Gasteiger partial charge < -0.3 is 14.6 Å². The Bertz CT molecular complexity index is 541. The molecule has 2 rings (SSSR count). The molecule has 0 bridgehead atoms. The number of rotatable bonds is 6. The van der Waals surface area contributed by atoms with E-state index in [0.29, 0.717) is 11.3 Å². The molecule has 0 aromatic heterocycles. The molecule has 0 saturated heterocycles. The van der Waals surface area contributed by atoms with Crippen LogP contribution in [0.1, 0.15) is 23.2 Å². The van der Waals surface area contributed by atoms with Crippen molar-refractivity contribution < 1.29 is 29.0 Å². The SMILES string of the molecule is COc1ccc(C(=O)COC(=O)C2(C(=O)O)CC2)cc1. The summed E-state index contributed by atoms with van der Waals surface area (Å²) in [4.78, 5) is 34.3. The number of hydrogen-bond donors (Lipinski definition) is 1. The quantitative estimate of drug-likeness (QED) is 0.479. The molecule has 0 radical (unpaired) electrons. The molecule has 1 aromatic rings. The van der Waals surface area contributed by atoms with E-state index < -0.39 is 24.0 Å².